The maximum atomic E-state index is 13.0. The molecule has 0 unspecified atom stereocenters. The Morgan fingerprint density at radius 2 is 1.86 bits per heavy atom. The minimum absolute atomic E-state index is 0.121. The fraction of sp³-hybridized carbons (Fsp3) is 0.227. The Morgan fingerprint density at radius 1 is 1.14 bits per heavy atom. The number of amides is 1. The molecule has 29 heavy (non-hydrogen) atoms. The van der Waals surface area contributed by atoms with Crippen LogP contribution in [0.2, 0.25) is 0 Å². The predicted molar refractivity (Wildman–Crippen MR) is 110 cm³/mol. The molecule has 7 heteroatoms. The van der Waals surface area contributed by atoms with Gasteiger partial charge in [0.25, 0.3) is 5.91 Å². The fourth-order valence-electron chi connectivity index (χ4n) is 2.83. The Kier molecular flexibility index (Phi) is 7.08. The van der Waals surface area contributed by atoms with E-state index >= 15 is 0 Å². The molecule has 0 saturated heterocycles. The van der Waals surface area contributed by atoms with E-state index in [0.29, 0.717) is 10.6 Å². The summed E-state index contributed by atoms with van der Waals surface area (Å²) >= 11 is 1.25. The third kappa shape index (κ3) is 5.71. The molecule has 1 amide bonds. The van der Waals surface area contributed by atoms with Crippen molar-refractivity contribution in [2.24, 2.45) is 0 Å². The lowest BCUT2D eigenvalue weighted by atomic mass is 10.0. The van der Waals surface area contributed by atoms with Crippen molar-refractivity contribution in [2.75, 3.05) is 6.61 Å². The van der Waals surface area contributed by atoms with Crippen LogP contribution in [-0.2, 0) is 9.53 Å². The molecule has 1 N–H and O–H groups in total. The number of aromatic nitrogens is 1. The van der Waals surface area contributed by atoms with Crippen LogP contribution < -0.4 is 5.32 Å². The summed E-state index contributed by atoms with van der Waals surface area (Å²) < 4.78 is 18.1. The third-order valence-electron chi connectivity index (χ3n) is 4.25. The second-order valence-electron chi connectivity index (χ2n) is 6.44. The Hall–Kier alpha value is -3.06. The number of hydrogen-bond acceptors (Lipinski definition) is 5. The molecule has 0 aliphatic carbocycles. The number of ether oxygens (including phenoxy) is 1. The number of halogens is 1. The van der Waals surface area contributed by atoms with Crippen LogP contribution in [0, 0.1) is 5.82 Å². The highest BCUT2D eigenvalue weighted by molar-refractivity contribution is 7.13. The smallest absolute Gasteiger partial charge is 0.358 e. The van der Waals surface area contributed by atoms with Gasteiger partial charge in [0.1, 0.15) is 10.8 Å². The van der Waals surface area contributed by atoms with Crippen LogP contribution in [0.25, 0.3) is 10.6 Å². The predicted octanol–water partition coefficient (Wildman–Crippen LogP) is 4.76. The maximum absolute atomic E-state index is 13.0. The summed E-state index contributed by atoms with van der Waals surface area (Å²) in [6, 6.07) is 15.4. The standard InChI is InChI=1S/C22H21FN2O3S/c1-2-6-18(15-7-4-3-5-8-15)24-20(26)13-28-22(27)19-14-29-21(25-19)16-9-11-17(23)12-10-16/h3-5,7-12,14,18H,2,6,13H2,1H3,(H,24,26)/t18-/m1/s1. The molecular formula is C22H21FN2O3S. The van der Waals surface area contributed by atoms with E-state index in [1.165, 1.54) is 23.5 Å². The fourth-order valence-corrected chi connectivity index (χ4v) is 3.63. The number of rotatable bonds is 8. The van der Waals surface area contributed by atoms with E-state index in [2.05, 4.69) is 10.3 Å². The molecule has 1 atom stereocenters. The van der Waals surface area contributed by atoms with Crippen molar-refractivity contribution in [2.45, 2.75) is 25.8 Å². The van der Waals surface area contributed by atoms with Crippen molar-refractivity contribution in [3.05, 3.63) is 77.1 Å². The van der Waals surface area contributed by atoms with E-state index in [4.69, 9.17) is 4.74 Å². The van der Waals surface area contributed by atoms with Gasteiger partial charge in [0.2, 0.25) is 0 Å². The number of benzene rings is 2. The summed E-state index contributed by atoms with van der Waals surface area (Å²) in [6.07, 6.45) is 1.70. The van der Waals surface area contributed by atoms with E-state index in [-0.39, 0.29) is 30.1 Å². The number of esters is 1. The van der Waals surface area contributed by atoms with Gasteiger partial charge in [-0.1, -0.05) is 43.7 Å². The molecule has 0 saturated carbocycles. The largest absolute Gasteiger partial charge is 0.451 e. The SMILES string of the molecule is CCC[C@@H](NC(=O)COC(=O)c1csc(-c2ccc(F)cc2)n1)c1ccccc1. The molecule has 0 radical (unpaired) electrons. The molecule has 5 nitrogen and oxygen atoms in total. The maximum Gasteiger partial charge on any atom is 0.358 e. The van der Waals surface area contributed by atoms with Gasteiger partial charge >= 0.3 is 5.97 Å². The van der Waals surface area contributed by atoms with Gasteiger partial charge in [0, 0.05) is 10.9 Å². The lowest BCUT2D eigenvalue weighted by Crippen LogP contribution is -2.32. The Labute approximate surface area is 172 Å². The Balaban J connectivity index is 1.56. The molecular weight excluding hydrogens is 391 g/mol. The molecule has 0 fully saturated rings. The molecule has 0 spiro atoms. The van der Waals surface area contributed by atoms with Crippen LogP contribution in [-0.4, -0.2) is 23.5 Å². The monoisotopic (exact) mass is 412 g/mol. The summed E-state index contributed by atoms with van der Waals surface area (Å²) in [5.74, 6) is -1.38. The molecule has 150 valence electrons. The van der Waals surface area contributed by atoms with Crippen molar-refractivity contribution in [1.82, 2.24) is 10.3 Å². The van der Waals surface area contributed by atoms with Crippen LogP contribution in [0.15, 0.2) is 60.0 Å². The minimum atomic E-state index is -0.670. The van der Waals surface area contributed by atoms with Gasteiger partial charge in [-0.25, -0.2) is 14.2 Å². The van der Waals surface area contributed by atoms with Crippen molar-refractivity contribution in [1.29, 1.82) is 0 Å². The zero-order valence-electron chi connectivity index (χ0n) is 15.9. The molecule has 0 bridgehead atoms. The van der Waals surface area contributed by atoms with Crippen LogP contribution in [0.5, 0.6) is 0 Å². The summed E-state index contributed by atoms with van der Waals surface area (Å²) in [5.41, 5.74) is 1.84. The topological polar surface area (TPSA) is 68.3 Å². The average molecular weight is 412 g/mol. The molecule has 3 aromatic rings. The van der Waals surface area contributed by atoms with E-state index in [0.717, 1.165) is 18.4 Å². The lowest BCUT2D eigenvalue weighted by Gasteiger charge is -2.18. The van der Waals surface area contributed by atoms with Gasteiger partial charge in [0.15, 0.2) is 12.3 Å². The summed E-state index contributed by atoms with van der Waals surface area (Å²) in [7, 11) is 0. The zero-order valence-corrected chi connectivity index (χ0v) is 16.7. The van der Waals surface area contributed by atoms with Crippen molar-refractivity contribution < 1.29 is 18.7 Å². The molecule has 0 aliphatic rings. The quantitative estimate of drug-likeness (QED) is 0.542. The molecule has 1 heterocycles. The van der Waals surface area contributed by atoms with E-state index in [1.807, 2.05) is 37.3 Å². The summed E-state index contributed by atoms with van der Waals surface area (Å²) in [4.78, 5) is 28.7. The van der Waals surface area contributed by atoms with Gasteiger partial charge in [-0.2, -0.15) is 0 Å². The first kappa shape index (κ1) is 20.7. The first-order chi connectivity index (χ1) is 14.1. The van der Waals surface area contributed by atoms with Crippen LogP contribution in [0.4, 0.5) is 4.39 Å². The number of nitrogens with one attached hydrogen (secondary N) is 1. The van der Waals surface area contributed by atoms with Crippen molar-refractivity contribution >= 4 is 23.2 Å². The number of nitrogens with zero attached hydrogens (tertiary/aromatic N) is 1. The number of hydrogen-bond donors (Lipinski definition) is 1. The summed E-state index contributed by atoms with van der Waals surface area (Å²) in [5, 5.41) is 5.04. The van der Waals surface area contributed by atoms with Crippen molar-refractivity contribution in [3.63, 3.8) is 0 Å². The lowest BCUT2D eigenvalue weighted by molar-refractivity contribution is -0.125. The number of carbonyl (C=O) groups is 2. The highest BCUT2D eigenvalue weighted by Gasteiger charge is 2.17. The number of thiazole rings is 1. The van der Waals surface area contributed by atoms with Gasteiger partial charge in [-0.3, -0.25) is 4.79 Å². The van der Waals surface area contributed by atoms with Gasteiger partial charge in [0.05, 0.1) is 6.04 Å². The van der Waals surface area contributed by atoms with Crippen LogP contribution in [0.3, 0.4) is 0 Å². The molecule has 0 aliphatic heterocycles. The van der Waals surface area contributed by atoms with Crippen LogP contribution in [0.1, 0.15) is 41.9 Å². The molecule has 2 aromatic carbocycles. The molecule has 1 aromatic heterocycles. The Bertz CT molecular complexity index is 958. The zero-order chi connectivity index (χ0) is 20.6. The highest BCUT2D eigenvalue weighted by atomic mass is 32.1. The minimum Gasteiger partial charge on any atom is -0.451 e. The first-order valence-electron chi connectivity index (χ1n) is 9.29. The first-order valence-corrected chi connectivity index (χ1v) is 10.2. The van der Waals surface area contributed by atoms with Gasteiger partial charge < -0.3 is 10.1 Å². The second-order valence-corrected chi connectivity index (χ2v) is 7.30. The molecule has 3 rings (SSSR count). The highest BCUT2D eigenvalue weighted by Crippen LogP contribution is 2.24. The van der Waals surface area contributed by atoms with E-state index in [1.54, 1.807) is 17.5 Å². The van der Waals surface area contributed by atoms with Gasteiger partial charge in [-0.15, -0.1) is 11.3 Å². The Morgan fingerprint density at radius 3 is 2.55 bits per heavy atom. The van der Waals surface area contributed by atoms with Crippen molar-refractivity contribution in [3.8, 4) is 10.6 Å². The third-order valence-corrected chi connectivity index (χ3v) is 5.14. The average Bonchev–Trinajstić information content (AvgIpc) is 3.23. The second kappa shape index (κ2) is 9.93. The summed E-state index contributed by atoms with van der Waals surface area (Å²) in [6.45, 7) is 1.67. The van der Waals surface area contributed by atoms with Crippen LogP contribution >= 0.6 is 11.3 Å². The van der Waals surface area contributed by atoms with E-state index < -0.39 is 5.97 Å². The van der Waals surface area contributed by atoms with E-state index in [9.17, 15) is 14.0 Å². The normalized spacial score (nSPS) is 11.7. The number of carbonyl (C=O) groups excluding carboxylic acids is 2. The van der Waals surface area contributed by atoms with Gasteiger partial charge in [-0.05, 0) is 36.2 Å².